The van der Waals surface area contributed by atoms with Gasteiger partial charge in [-0.25, -0.2) is 0 Å². The van der Waals surface area contributed by atoms with Crippen molar-refractivity contribution in [2.24, 2.45) is 0 Å². The lowest BCUT2D eigenvalue weighted by Crippen LogP contribution is -2.14. The molecule has 0 atom stereocenters. The van der Waals surface area contributed by atoms with Gasteiger partial charge in [0.2, 0.25) is 0 Å². The number of halogens is 3. The van der Waals surface area contributed by atoms with E-state index >= 15 is 0 Å². The minimum atomic E-state index is -4.26. The molecule has 1 aromatic rings. The molecule has 1 N–H and O–H groups in total. The van der Waals surface area contributed by atoms with Crippen LogP contribution in [0.5, 0.6) is 0 Å². The fraction of sp³-hybridized carbons (Fsp3) is 0.538. The van der Waals surface area contributed by atoms with Crippen molar-refractivity contribution < 1.29 is 13.2 Å². The maximum atomic E-state index is 12.3. The summed E-state index contributed by atoms with van der Waals surface area (Å²) >= 11 is 0. The summed E-state index contributed by atoms with van der Waals surface area (Å²) in [5.74, 6) is 0. The van der Waals surface area contributed by atoms with Crippen molar-refractivity contribution in [3.8, 4) is 0 Å². The molecule has 0 aromatic heterocycles. The molecule has 2 nitrogen and oxygen atoms in total. The topological polar surface area (TPSA) is 15.3 Å². The summed E-state index contributed by atoms with van der Waals surface area (Å²) in [5.41, 5.74) is 0.119. The fourth-order valence-electron chi connectivity index (χ4n) is 1.56. The van der Waals surface area contributed by atoms with Gasteiger partial charge >= 0.3 is 6.18 Å². The monoisotopic (exact) mass is 260 g/mol. The Morgan fingerprint density at radius 1 is 1.06 bits per heavy atom. The first-order chi connectivity index (χ1) is 8.39. The largest absolute Gasteiger partial charge is 0.416 e. The van der Waals surface area contributed by atoms with Crippen molar-refractivity contribution in [2.75, 3.05) is 32.5 Å². The van der Waals surface area contributed by atoms with Crippen LogP contribution < -0.4 is 5.32 Å². The van der Waals surface area contributed by atoms with Crippen LogP contribution in [0.25, 0.3) is 0 Å². The lowest BCUT2D eigenvalue weighted by Gasteiger charge is -2.11. The minimum absolute atomic E-state index is 0.611. The van der Waals surface area contributed by atoms with Crippen molar-refractivity contribution in [2.45, 2.75) is 19.0 Å². The third-order valence-electron chi connectivity index (χ3n) is 2.57. The third-order valence-corrected chi connectivity index (χ3v) is 2.57. The van der Waals surface area contributed by atoms with Crippen molar-refractivity contribution in [3.05, 3.63) is 29.8 Å². The van der Waals surface area contributed by atoms with Crippen molar-refractivity contribution >= 4 is 5.69 Å². The van der Waals surface area contributed by atoms with Crippen LogP contribution >= 0.6 is 0 Å². The average Bonchev–Trinajstić information content (AvgIpc) is 2.27. The summed E-state index contributed by atoms with van der Waals surface area (Å²) in [6.45, 7) is 1.80. The summed E-state index contributed by atoms with van der Waals surface area (Å²) in [7, 11) is 4.03. The summed E-state index contributed by atoms with van der Waals surface area (Å²) in [6, 6.07) is 5.13. The Bertz CT molecular complexity index is 344. The molecule has 102 valence electrons. The molecule has 1 aromatic carbocycles. The Labute approximate surface area is 106 Å². The van der Waals surface area contributed by atoms with Crippen molar-refractivity contribution in [1.82, 2.24) is 4.90 Å². The van der Waals surface area contributed by atoms with Gasteiger partial charge < -0.3 is 10.2 Å². The van der Waals surface area contributed by atoms with Gasteiger partial charge in [-0.3, -0.25) is 0 Å². The van der Waals surface area contributed by atoms with Gasteiger partial charge in [-0.1, -0.05) is 0 Å². The number of anilines is 1. The highest BCUT2D eigenvalue weighted by molar-refractivity contribution is 5.44. The van der Waals surface area contributed by atoms with E-state index < -0.39 is 11.7 Å². The molecule has 0 spiro atoms. The molecule has 0 saturated carbocycles. The van der Waals surface area contributed by atoms with Crippen LogP contribution in [-0.2, 0) is 6.18 Å². The van der Waals surface area contributed by atoms with Crippen molar-refractivity contribution in [3.63, 3.8) is 0 Å². The Hall–Kier alpha value is -1.23. The number of hydrogen-bond acceptors (Lipinski definition) is 2. The molecular weight excluding hydrogens is 241 g/mol. The molecule has 0 fully saturated rings. The zero-order chi connectivity index (χ0) is 13.6. The number of hydrogen-bond donors (Lipinski definition) is 1. The zero-order valence-electron chi connectivity index (χ0n) is 10.7. The average molecular weight is 260 g/mol. The minimum Gasteiger partial charge on any atom is -0.385 e. The maximum absolute atomic E-state index is 12.3. The van der Waals surface area contributed by atoms with E-state index in [4.69, 9.17) is 0 Å². The number of benzene rings is 1. The van der Waals surface area contributed by atoms with E-state index in [1.165, 1.54) is 12.1 Å². The first-order valence-corrected chi connectivity index (χ1v) is 5.95. The van der Waals surface area contributed by atoms with Crippen LogP contribution in [0.4, 0.5) is 18.9 Å². The van der Waals surface area contributed by atoms with E-state index in [1.54, 1.807) is 0 Å². The number of rotatable bonds is 6. The van der Waals surface area contributed by atoms with E-state index in [1.807, 2.05) is 14.1 Å². The second-order valence-electron chi connectivity index (χ2n) is 4.51. The predicted octanol–water partition coefficient (Wildman–Crippen LogP) is 3.46. The molecular formula is C13H19F3N2. The molecule has 18 heavy (non-hydrogen) atoms. The summed E-state index contributed by atoms with van der Waals surface area (Å²) < 4.78 is 37.0. The molecule has 0 aliphatic heterocycles. The standard InChI is InChI=1S/C13H19F3N2/c1-18(2)10-4-3-9-17-12-7-5-11(6-8-12)13(14,15)16/h5-8,17H,3-4,9-10H2,1-2H3. The first kappa shape index (κ1) is 14.8. The summed E-state index contributed by atoms with van der Waals surface area (Å²) in [5, 5.41) is 3.11. The van der Waals surface area contributed by atoms with Crippen LogP contribution in [-0.4, -0.2) is 32.1 Å². The summed E-state index contributed by atoms with van der Waals surface area (Å²) in [6.07, 6.45) is -2.19. The van der Waals surface area contributed by atoms with Crippen LogP contribution in [0.2, 0.25) is 0 Å². The van der Waals surface area contributed by atoms with E-state index in [9.17, 15) is 13.2 Å². The predicted molar refractivity (Wildman–Crippen MR) is 67.7 cm³/mol. The quantitative estimate of drug-likeness (QED) is 0.788. The summed E-state index contributed by atoms with van der Waals surface area (Å²) in [4.78, 5) is 2.11. The molecule has 0 aliphatic rings. The number of unbranched alkanes of at least 4 members (excludes halogenated alkanes) is 1. The Morgan fingerprint density at radius 2 is 1.67 bits per heavy atom. The van der Waals surface area contributed by atoms with Gasteiger partial charge in [0, 0.05) is 12.2 Å². The number of alkyl halides is 3. The zero-order valence-corrected chi connectivity index (χ0v) is 10.7. The van der Waals surface area contributed by atoms with Gasteiger partial charge in [0.25, 0.3) is 0 Å². The second-order valence-corrected chi connectivity index (χ2v) is 4.51. The van der Waals surface area contributed by atoms with E-state index in [2.05, 4.69) is 10.2 Å². The highest BCUT2D eigenvalue weighted by Gasteiger charge is 2.29. The van der Waals surface area contributed by atoms with Crippen LogP contribution in [0.3, 0.4) is 0 Å². The fourth-order valence-corrected chi connectivity index (χ4v) is 1.56. The van der Waals surface area contributed by atoms with Gasteiger partial charge in [0.15, 0.2) is 0 Å². The SMILES string of the molecule is CN(C)CCCCNc1ccc(C(F)(F)F)cc1. The van der Waals surface area contributed by atoms with Gasteiger partial charge in [-0.2, -0.15) is 13.2 Å². The molecule has 0 unspecified atom stereocenters. The third kappa shape index (κ3) is 5.40. The molecule has 0 bridgehead atoms. The van der Waals surface area contributed by atoms with Gasteiger partial charge in [0.1, 0.15) is 0 Å². The van der Waals surface area contributed by atoms with Crippen LogP contribution in [0.1, 0.15) is 18.4 Å². The van der Waals surface area contributed by atoms with Gasteiger partial charge in [-0.15, -0.1) is 0 Å². The maximum Gasteiger partial charge on any atom is 0.416 e. The lowest BCUT2D eigenvalue weighted by atomic mass is 10.2. The Balaban J connectivity index is 2.31. The van der Waals surface area contributed by atoms with Gasteiger partial charge in [-0.05, 0) is 57.7 Å². The molecule has 0 aliphatic carbocycles. The first-order valence-electron chi connectivity index (χ1n) is 5.95. The van der Waals surface area contributed by atoms with Gasteiger partial charge in [0.05, 0.1) is 5.56 Å². The second kappa shape index (κ2) is 6.64. The van der Waals surface area contributed by atoms with E-state index in [-0.39, 0.29) is 0 Å². The molecule has 1 rings (SSSR count). The Kier molecular flexibility index (Phi) is 5.47. The number of nitrogens with one attached hydrogen (secondary N) is 1. The normalized spacial score (nSPS) is 11.9. The van der Waals surface area contributed by atoms with Crippen LogP contribution in [0.15, 0.2) is 24.3 Å². The number of nitrogens with zero attached hydrogens (tertiary/aromatic N) is 1. The highest BCUT2D eigenvalue weighted by Crippen LogP contribution is 2.29. The molecule has 0 saturated heterocycles. The molecule has 0 radical (unpaired) electrons. The molecule has 0 heterocycles. The lowest BCUT2D eigenvalue weighted by molar-refractivity contribution is -0.137. The van der Waals surface area contributed by atoms with Crippen molar-refractivity contribution in [1.29, 1.82) is 0 Å². The Morgan fingerprint density at radius 3 is 2.17 bits per heavy atom. The van der Waals surface area contributed by atoms with Crippen LogP contribution in [0, 0.1) is 0 Å². The van der Waals surface area contributed by atoms with E-state index in [0.717, 1.165) is 43.8 Å². The smallest absolute Gasteiger partial charge is 0.385 e. The highest BCUT2D eigenvalue weighted by atomic mass is 19.4. The molecule has 5 heteroatoms. The van der Waals surface area contributed by atoms with E-state index in [0.29, 0.717) is 0 Å². The molecule has 0 amide bonds.